The molecule has 0 saturated carbocycles. The van der Waals surface area contributed by atoms with Gasteiger partial charge in [0.05, 0.1) is 10.9 Å². The van der Waals surface area contributed by atoms with E-state index in [1.165, 1.54) is 18.2 Å². The molecule has 1 heterocycles. The third-order valence-corrected chi connectivity index (χ3v) is 4.31. The van der Waals surface area contributed by atoms with Gasteiger partial charge in [-0.1, -0.05) is 36.5 Å². The predicted molar refractivity (Wildman–Crippen MR) is 114 cm³/mol. The van der Waals surface area contributed by atoms with E-state index in [9.17, 15) is 25.2 Å². The Morgan fingerprint density at radius 1 is 0.828 bits per heavy atom. The zero-order valence-corrected chi connectivity index (χ0v) is 16.0. The topological polar surface area (TPSA) is 111 Å². The van der Waals surface area contributed by atoms with Crippen molar-refractivity contribution in [3.63, 3.8) is 0 Å². The molecule has 29 heavy (non-hydrogen) atoms. The van der Waals surface area contributed by atoms with E-state index < -0.39 is 22.7 Å². The smallest absolute Gasteiger partial charge is 0.205 e. The second-order valence-corrected chi connectivity index (χ2v) is 6.85. The van der Waals surface area contributed by atoms with Crippen LogP contribution in [0.15, 0.2) is 57.8 Å². The summed E-state index contributed by atoms with van der Waals surface area (Å²) >= 11 is 0. The van der Waals surface area contributed by atoms with E-state index in [1.807, 2.05) is 0 Å². The monoisotopic (exact) mass is 392 g/mol. The molecule has 0 radical (unpaired) electrons. The molecule has 0 fully saturated rings. The lowest BCUT2D eigenvalue weighted by atomic mass is 10.0. The molecule has 3 rings (SSSR count). The lowest BCUT2D eigenvalue weighted by Gasteiger charge is -2.11. The summed E-state index contributed by atoms with van der Waals surface area (Å²) in [7, 11) is 0. The van der Waals surface area contributed by atoms with Crippen LogP contribution in [0, 0.1) is 0 Å². The van der Waals surface area contributed by atoms with Crippen LogP contribution in [0.4, 0.5) is 0 Å². The molecule has 0 atom stereocenters. The second-order valence-electron chi connectivity index (χ2n) is 6.85. The summed E-state index contributed by atoms with van der Waals surface area (Å²) in [6.45, 7) is 10.9. The number of hydrogen-bond donors (Lipinski definition) is 4. The van der Waals surface area contributed by atoms with Gasteiger partial charge in [0.1, 0.15) is 28.1 Å². The minimum atomic E-state index is -0.625. The first-order chi connectivity index (χ1) is 13.6. The van der Waals surface area contributed by atoms with E-state index in [2.05, 4.69) is 13.2 Å². The summed E-state index contributed by atoms with van der Waals surface area (Å²) in [6.07, 6.45) is 6.01. The first-order valence-electron chi connectivity index (χ1n) is 8.69. The van der Waals surface area contributed by atoms with Gasteiger partial charge in [-0.25, -0.2) is 0 Å². The highest BCUT2D eigenvalue weighted by Crippen LogP contribution is 2.40. The van der Waals surface area contributed by atoms with Crippen LogP contribution in [-0.2, 0) is 0 Å². The van der Waals surface area contributed by atoms with Gasteiger partial charge in [0, 0.05) is 17.7 Å². The average molecular weight is 392 g/mol. The van der Waals surface area contributed by atoms with E-state index in [0.29, 0.717) is 11.1 Å². The highest BCUT2D eigenvalue weighted by atomic mass is 16.3. The zero-order valence-electron chi connectivity index (χ0n) is 16.0. The molecule has 3 aromatic rings. The molecule has 2 aromatic carbocycles. The van der Waals surface area contributed by atoms with Crippen molar-refractivity contribution >= 4 is 34.1 Å². The maximum absolute atomic E-state index is 13.2. The van der Waals surface area contributed by atoms with Crippen LogP contribution in [0.3, 0.4) is 0 Å². The van der Waals surface area contributed by atoms with Gasteiger partial charge >= 0.3 is 0 Å². The van der Waals surface area contributed by atoms with Crippen molar-refractivity contribution in [1.82, 2.24) is 0 Å². The quantitative estimate of drug-likeness (QED) is 0.284. The fourth-order valence-corrected chi connectivity index (χ4v) is 2.94. The van der Waals surface area contributed by atoms with E-state index in [4.69, 9.17) is 4.42 Å². The maximum atomic E-state index is 13.2. The summed E-state index contributed by atoms with van der Waals surface area (Å²) in [5, 5.41) is 41.0. The zero-order chi connectivity index (χ0) is 21.5. The van der Waals surface area contributed by atoms with Gasteiger partial charge < -0.3 is 24.8 Å². The molecule has 0 unspecified atom stereocenters. The molecular formula is C23H20O6. The summed E-state index contributed by atoms with van der Waals surface area (Å²) < 4.78 is 5.66. The van der Waals surface area contributed by atoms with Crippen LogP contribution >= 0.6 is 0 Å². The van der Waals surface area contributed by atoms with Crippen LogP contribution in [0.5, 0.6) is 23.0 Å². The summed E-state index contributed by atoms with van der Waals surface area (Å²) in [6, 6.07) is 2.31. The lowest BCUT2D eigenvalue weighted by Crippen LogP contribution is -2.05. The van der Waals surface area contributed by atoms with Crippen molar-refractivity contribution in [2.24, 2.45) is 0 Å². The molecule has 148 valence electrons. The van der Waals surface area contributed by atoms with Crippen molar-refractivity contribution in [2.75, 3.05) is 0 Å². The summed E-state index contributed by atoms with van der Waals surface area (Å²) in [4.78, 5) is 13.2. The first kappa shape index (κ1) is 19.8. The molecule has 6 nitrogen and oxygen atoms in total. The van der Waals surface area contributed by atoms with Gasteiger partial charge in [0.25, 0.3) is 0 Å². The Kier molecular flexibility index (Phi) is 4.95. The third kappa shape index (κ3) is 3.48. The fourth-order valence-electron chi connectivity index (χ4n) is 2.94. The van der Waals surface area contributed by atoms with Gasteiger partial charge in [-0.15, -0.1) is 0 Å². The van der Waals surface area contributed by atoms with Crippen molar-refractivity contribution in [1.29, 1.82) is 0 Å². The van der Waals surface area contributed by atoms with Crippen LogP contribution in [0.2, 0.25) is 0 Å². The highest BCUT2D eigenvalue weighted by Gasteiger charge is 2.21. The Labute approximate surface area is 166 Å². The predicted octanol–water partition coefficient (Wildman–Crippen LogP) is 4.95. The number of phenols is 4. The Balaban J connectivity index is 2.50. The van der Waals surface area contributed by atoms with Gasteiger partial charge in [0.2, 0.25) is 5.43 Å². The number of phenolic OH excluding ortho intramolecular Hbond substituents is 4. The lowest BCUT2D eigenvalue weighted by molar-refractivity contribution is 0.403. The normalized spacial score (nSPS) is 11.8. The summed E-state index contributed by atoms with van der Waals surface area (Å²) in [5.74, 6) is -1.73. The molecule has 0 aliphatic rings. The maximum Gasteiger partial charge on any atom is 0.205 e. The van der Waals surface area contributed by atoms with Crippen LogP contribution in [0.1, 0.15) is 25.0 Å². The van der Waals surface area contributed by atoms with Crippen LogP contribution in [-0.4, -0.2) is 20.4 Å². The molecule has 0 aliphatic heterocycles. The Hall–Kier alpha value is -3.93. The van der Waals surface area contributed by atoms with Gasteiger partial charge in [0.15, 0.2) is 11.5 Å². The standard InChI is InChI=1S/C23H20O6/c1-11(2)5-7-13-15(24)9-18-20(22(13)27)23(28)19-14(8-6-12(3)4)21(26)16(25)10-17(19)29-18/h5-10,24-27H,1,3H2,2,4H3/b7-5+,8-6+. The molecule has 1 aromatic heterocycles. The Morgan fingerprint density at radius 2 is 1.34 bits per heavy atom. The third-order valence-electron chi connectivity index (χ3n) is 4.31. The minimum Gasteiger partial charge on any atom is -0.507 e. The fraction of sp³-hybridized carbons (Fsp3) is 0.0870. The average Bonchev–Trinajstić information content (AvgIpc) is 2.61. The first-order valence-corrected chi connectivity index (χ1v) is 8.69. The SMILES string of the molecule is C=C(C)/C=C/c1c(O)cc2oc3cc(O)c(O)c(/C=C/C(=C)C)c3c(=O)c2c1O. The number of fused-ring (bicyclic) bond motifs is 2. The van der Waals surface area contributed by atoms with Crippen molar-refractivity contribution in [3.8, 4) is 23.0 Å². The van der Waals surface area contributed by atoms with Crippen LogP contribution in [0.25, 0.3) is 34.1 Å². The minimum absolute atomic E-state index is 0.0109. The molecular weight excluding hydrogens is 372 g/mol. The number of rotatable bonds is 4. The Morgan fingerprint density at radius 3 is 1.93 bits per heavy atom. The number of hydrogen-bond acceptors (Lipinski definition) is 6. The number of benzene rings is 2. The molecule has 6 heteroatoms. The molecule has 0 aliphatic carbocycles. The number of aromatic hydroxyl groups is 4. The molecule has 0 amide bonds. The molecule has 4 N–H and O–H groups in total. The van der Waals surface area contributed by atoms with E-state index in [0.717, 1.165) is 6.07 Å². The number of allylic oxidation sites excluding steroid dienone is 4. The van der Waals surface area contributed by atoms with Crippen molar-refractivity contribution < 1.29 is 24.8 Å². The van der Waals surface area contributed by atoms with E-state index >= 15 is 0 Å². The Bertz CT molecular complexity index is 1310. The van der Waals surface area contributed by atoms with Gasteiger partial charge in [-0.2, -0.15) is 0 Å². The van der Waals surface area contributed by atoms with Crippen LogP contribution < -0.4 is 5.43 Å². The molecule has 0 bridgehead atoms. The molecule has 0 spiro atoms. The van der Waals surface area contributed by atoms with Crippen molar-refractivity contribution in [3.05, 3.63) is 69.9 Å². The highest BCUT2D eigenvalue weighted by molar-refractivity contribution is 6.01. The summed E-state index contributed by atoms with van der Waals surface area (Å²) in [5.41, 5.74) is 0.709. The van der Waals surface area contributed by atoms with Gasteiger partial charge in [-0.3, -0.25) is 4.79 Å². The van der Waals surface area contributed by atoms with E-state index in [1.54, 1.807) is 26.0 Å². The second kappa shape index (κ2) is 7.24. The van der Waals surface area contributed by atoms with Gasteiger partial charge in [-0.05, 0) is 26.0 Å². The van der Waals surface area contributed by atoms with E-state index in [-0.39, 0.29) is 38.8 Å². The molecule has 0 saturated heterocycles. The largest absolute Gasteiger partial charge is 0.507 e. The van der Waals surface area contributed by atoms with Crippen molar-refractivity contribution in [2.45, 2.75) is 13.8 Å².